The van der Waals surface area contributed by atoms with E-state index in [9.17, 15) is 4.79 Å². The number of amides is 1. The molecule has 2 aromatic rings. The molecule has 5 nitrogen and oxygen atoms in total. The van der Waals surface area contributed by atoms with Crippen molar-refractivity contribution in [3.05, 3.63) is 46.6 Å². The van der Waals surface area contributed by atoms with Crippen LogP contribution in [0.1, 0.15) is 34.7 Å². The molecule has 1 aromatic heterocycles. The highest BCUT2D eigenvalue weighted by Gasteiger charge is 2.15. The fourth-order valence-corrected chi connectivity index (χ4v) is 1.87. The molecule has 1 N–H and O–H groups in total. The molecule has 0 spiro atoms. The van der Waals surface area contributed by atoms with Crippen LogP contribution in [0.5, 0.6) is 0 Å². The van der Waals surface area contributed by atoms with Gasteiger partial charge in [-0.2, -0.15) is 4.98 Å². The van der Waals surface area contributed by atoms with Gasteiger partial charge in [-0.05, 0) is 37.6 Å². The molecule has 94 valence electrons. The first-order valence-corrected chi connectivity index (χ1v) is 5.78. The van der Waals surface area contributed by atoms with E-state index >= 15 is 0 Å². The van der Waals surface area contributed by atoms with Crippen LogP contribution in [0.4, 0.5) is 0 Å². The second-order valence-electron chi connectivity index (χ2n) is 4.00. The number of rotatable bonds is 3. The standard InChI is InChI=1S/C12H12ClN3O2/c1-7-3-9(5-10(13)4-7)12(17)15-8(2)11-14-6-18-16-11/h3-6,8H,1-2H3,(H,15,17). The number of benzene rings is 1. The van der Waals surface area contributed by atoms with Crippen molar-refractivity contribution >= 4 is 17.5 Å². The zero-order valence-corrected chi connectivity index (χ0v) is 10.7. The molecule has 0 aliphatic heterocycles. The molecule has 0 saturated carbocycles. The second kappa shape index (κ2) is 5.18. The van der Waals surface area contributed by atoms with Crippen LogP contribution in [0.25, 0.3) is 0 Å². The monoisotopic (exact) mass is 265 g/mol. The minimum absolute atomic E-state index is 0.224. The second-order valence-corrected chi connectivity index (χ2v) is 4.44. The lowest BCUT2D eigenvalue weighted by molar-refractivity contribution is 0.0938. The Hall–Kier alpha value is -1.88. The van der Waals surface area contributed by atoms with E-state index in [1.807, 2.05) is 6.92 Å². The van der Waals surface area contributed by atoms with Crippen LogP contribution in [0, 0.1) is 6.92 Å². The van der Waals surface area contributed by atoms with Gasteiger partial charge in [0.2, 0.25) is 6.39 Å². The van der Waals surface area contributed by atoms with Gasteiger partial charge in [0.05, 0.1) is 6.04 Å². The molecule has 2 rings (SSSR count). The van der Waals surface area contributed by atoms with Crippen molar-refractivity contribution in [1.29, 1.82) is 0 Å². The molecule has 0 aliphatic carbocycles. The highest BCUT2D eigenvalue weighted by molar-refractivity contribution is 6.31. The van der Waals surface area contributed by atoms with Gasteiger partial charge in [-0.15, -0.1) is 0 Å². The first-order chi connectivity index (χ1) is 8.56. The van der Waals surface area contributed by atoms with E-state index in [1.54, 1.807) is 25.1 Å². The lowest BCUT2D eigenvalue weighted by Gasteiger charge is -2.10. The lowest BCUT2D eigenvalue weighted by atomic mass is 10.1. The molecule has 0 radical (unpaired) electrons. The van der Waals surface area contributed by atoms with E-state index in [0.717, 1.165) is 5.56 Å². The van der Waals surface area contributed by atoms with Crippen molar-refractivity contribution < 1.29 is 9.32 Å². The van der Waals surface area contributed by atoms with Gasteiger partial charge in [0.25, 0.3) is 5.91 Å². The highest BCUT2D eigenvalue weighted by Crippen LogP contribution is 2.15. The molecule has 1 aromatic carbocycles. The van der Waals surface area contributed by atoms with Crippen molar-refractivity contribution in [3.63, 3.8) is 0 Å². The molecule has 18 heavy (non-hydrogen) atoms. The number of nitrogens with one attached hydrogen (secondary N) is 1. The Balaban J connectivity index is 2.12. The molecule has 6 heteroatoms. The minimum Gasteiger partial charge on any atom is -0.343 e. The largest absolute Gasteiger partial charge is 0.343 e. The van der Waals surface area contributed by atoms with Gasteiger partial charge >= 0.3 is 0 Å². The van der Waals surface area contributed by atoms with Crippen LogP contribution in [0.3, 0.4) is 0 Å². The Morgan fingerprint density at radius 1 is 1.44 bits per heavy atom. The Morgan fingerprint density at radius 2 is 2.22 bits per heavy atom. The van der Waals surface area contributed by atoms with Crippen molar-refractivity contribution in [1.82, 2.24) is 15.5 Å². The van der Waals surface area contributed by atoms with Crippen LogP contribution >= 0.6 is 11.6 Å². The Bertz CT molecular complexity index is 534. The average molecular weight is 266 g/mol. The number of nitrogens with zero attached hydrogens (tertiary/aromatic N) is 2. The summed E-state index contributed by atoms with van der Waals surface area (Å²) in [5, 5.41) is 6.98. The van der Waals surface area contributed by atoms with Gasteiger partial charge in [-0.1, -0.05) is 16.8 Å². The summed E-state index contributed by atoms with van der Waals surface area (Å²) in [6.45, 7) is 3.66. The van der Waals surface area contributed by atoms with E-state index in [0.29, 0.717) is 16.4 Å². The lowest BCUT2D eigenvalue weighted by Crippen LogP contribution is -2.27. The fraction of sp³-hybridized carbons (Fsp3) is 0.250. The topological polar surface area (TPSA) is 68.0 Å². The maximum Gasteiger partial charge on any atom is 0.251 e. The quantitative estimate of drug-likeness (QED) is 0.926. The smallest absolute Gasteiger partial charge is 0.251 e. The van der Waals surface area contributed by atoms with Crippen LogP contribution < -0.4 is 5.32 Å². The van der Waals surface area contributed by atoms with E-state index in [4.69, 9.17) is 11.6 Å². The van der Waals surface area contributed by atoms with E-state index in [2.05, 4.69) is 20.0 Å². The molecular formula is C12H12ClN3O2. The number of halogens is 1. The molecule has 1 heterocycles. The molecule has 1 atom stereocenters. The summed E-state index contributed by atoms with van der Waals surface area (Å²) in [7, 11) is 0. The van der Waals surface area contributed by atoms with Crippen LogP contribution in [-0.2, 0) is 0 Å². The van der Waals surface area contributed by atoms with Crippen molar-refractivity contribution in [3.8, 4) is 0 Å². The third-order valence-electron chi connectivity index (χ3n) is 2.42. The van der Waals surface area contributed by atoms with Crippen molar-refractivity contribution in [2.24, 2.45) is 0 Å². The molecule has 0 fully saturated rings. The summed E-state index contributed by atoms with van der Waals surface area (Å²) < 4.78 is 4.63. The number of aromatic nitrogens is 2. The SMILES string of the molecule is Cc1cc(Cl)cc(C(=O)NC(C)c2ncon2)c1. The molecular weight excluding hydrogens is 254 g/mol. The van der Waals surface area contributed by atoms with Crippen molar-refractivity contribution in [2.75, 3.05) is 0 Å². The Kier molecular flexibility index (Phi) is 3.62. The summed E-state index contributed by atoms with van der Waals surface area (Å²) in [5.74, 6) is 0.208. The maximum atomic E-state index is 12.0. The molecule has 1 amide bonds. The van der Waals surface area contributed by atoms with Crippen LogP contribution in [0.15, 0.2) is 29.1 Å². The molecule has 0 saturated heterocycles. The summed E-state index contributed by atoms with van der Waals surface area (Å²) in [6, 6.07) is 4.85. The fourth-order valence-electron chi connectivity index (χ4n) is 1.58. The minimum atomic E-state index is -0.324. The predicted molar refractivity (Wildman–Crippen MR) is 66.4 cm³/mol. The van der Waals surface area contributed by atoms with Gasteiger partial charge < -0.3 is 9.84 Å². The molecule has 0 bridgehead atoms. The van der Waals surface area contributed by atoms with Gasteiger partial charge in [0.1, 0.15) is 0 Å². The predicted octanol–water partition coefficient (Wildman–Crippen LogP) is 2.52. The third-order valence-corrected chi connectivity index (χ3v) is 2.64. The van der Waals surface area contributed by atoms with Gasteiger partial charge in [0, 0.05) is 10.6 Å². The Labute approximate surface area is 109 Å². The van der Waals surface area contributed by atoms with Gasteiger partial charge in [-0.3, -0.25) is 4.79 Å². The number of hydrogen-bond acceptors (Lipinski definition) is 4. The van der Waals surface area contributed by atoms with E-state index < -0.39 is 0 Å². The van der Waals surface area contributed by atoms with E-state index in [-0.39, 0.29) is 11.9 Å². The first-order valence-electron chi connectivity index (χ1n) is 5.40. The average Bonchev–Trinajstić information content (AvgIpc) is 2.80. The number of aryl methyl sites for hydroxylation is 1. The zero-order valence-electron chi connectivity index (χ0n) is 9.98. The number of carbonyl (C=O) groups excluding carboxylic acids is 1. The summed E-state index contributed by atoms with van der Waals surface area (Å²) in [4.78, 5) is 15.9. The Morgan fingerprint density at radius 3 is 2.83 bits per heavy atom. The van der Waals surface area contributed by atoms with Crippen LogP contribution in [0.2, 0.25) is 5.02 Å². The first kappa shape index (κ1) is 12.6. The van der Waals surface area contributed by atoms with Gasteiger partial charge in [0.15, 0.2) is 5.82 Å². The molecule has 0 aliphatic rings. The summed E-state index contributed by atoms with van der Waals surface area (Å²) in [5.41, 5.74) is 1.44. The van der Waals surface area contributed by atoms with Crippen molar-refractivity contribution in [2.45, 2.75) is 19.9 Å². The highest BCUT2D eigenvalue weighted by atomic mass is 35.5. The number of hydrogen-bond donors (Lipinski definition) is 1. The maximum absolute atomic E-state index is 12.0. The normalized spacial score (nSPS) is 12.2. The summed E-state index contributed by atoms with van der Waals surface area (Å²) >= 11 is 5.91. The van der Waals surface area contributed by atoms with E-state index in [1.165, 1.54) is 6.39 Å². The summed E-state index contributed by atoms with van der Waals surface area (Å²) in [6.07, 6.45) is 1.22. The van der Waals surface area contributed by atoms with Crippen LogP contribution in [-0.4, -0.2) is 16.0 Å². The zero-order chi connectivity index (χ0) is 13.1. The number of carbonyl (C=O) groups is 1. The molecule has 1 unspecified atom stereocenters. The third kappa shape index (κ3) is 2.87. The van der Waals surface area contributed by atoms with Gasteiger partial charge in [-0.25, -0.2) is 0 Å².